The lowest BCUT2D eigenvalue weighted by molar-refractivity contribution is -0.111. The maximum Gasteiger partial charge on any atom is 0.339 e. The smallest absolute Gasteiger partial charge is 0.339 e. The molecule has 0 aliphatic carbocycles. The number of methoxy groups -OCH3 is 2. The maximum atomic E-state index is 12.0. The Morgan fingerprint density at radius 2 is 1.83 bits per heavy atom. The van der Waals surface area contributed by atoms with E-state index in [1.165, 1.54) is 50.8 Å². The molecular formula is C17H15NO6. The fourth-order valence-corrected chi connectivity index (χ4v) is 1.90. The minimum Gasteiger partial charge on any atom is -0.465 e. The van der Waals surface area contributed by atoms with Crippen LogP contribution < -0.4 is 5.32 Å². The fourth-order valence-electron chi connectivity index (χ4n) is 1.90. The number of carbonyl (C=O) groups excluding carboxylic acids is 3. The van der Waals surface area contributed by atoms with Crippen LogP contribution in [-0.2, 0) is 14.3 Å². The van der Waals surface area contributed by atoms with Gasteiger partial charge in [-0.15, -0.1) is 0 Å². The first kappa shape index (κ1) is 17.0. The van der Waals surface area contributed by atoms with Gasteiger partial charge < -0.3 is 19.2 Å². The molecule has 1 aromatic carbocycles. The number of amides is 1. The highest BCUT2D eigenvalue weighted by Crippen LogP contribution is 2.20. The van der Waals surface area contributed by atoms with E-state index in [0.717, 1.165) is 0 Å². The largest absolute Gasteiger partial charge is 0.465 e. The third kappa shape index (κ3) is 4.10. The highest BCUT2D eigenvalue weighted by Gasteiger charge is 2.16. The van der Waals surface area contributed by atoms with Crippen LogP contribution in [0.1, 0.15) is 26.5 Å². The molecule has 0 saturated carbocycles. The first-order valence-corrected chi connectivity index (χ1v) is 6.88. The number of esters is 2. The molecule has 0 unspecified atom stereocenters. The average Bonchev–Trinajstić information content (AvgIpc) is 3.12. The molecule has 1 heterocycles. The van der Waals surface area contributed by atoms with Gasteiger partial charge in [0.05, 0.1) is 37.3 Å². The Bertz CT molecular complexity index is 776. The van der Waals surface area contributed by atoms with Crippen molar-refractivity contribution in [2.75, 3.05) is 19.5 Å². The second-order valence-corrected chi connectivity index (χ2v) is 4.58. The van der Waals surface area contributed by atoms with E-state index in [-0.39, 0.29) is 16.8 Å². The van der Waals surface area contributed by atoms with Crippen LogP contribution >= 0.6 is 0 Å². The molecule has 2 rings (SSSR count). The zero-order valence-corrected chi connectivity index (χ0v) is 13.1. The number of hydrogen-bond acceptors (Lipinski definition) is 6. The van der Waals surface area contributed by atoms with E-state index >= 15 is 0 Å². The second kappa shape index (κ2) is 7.77. The van der Waals surface area contributed by atoms with E-state index in [1.807, 2.05) is 0 Å². The van der Waals surface area contributed by atoms with Crippen molar-refractivity contribution >= 4 is 29.6 Å². The molecule has 24 heavy (non-hydrogen) atoms. The number of rotatable bonds is 5. The molecule has 0 fully saturated rings. The van der Waals surface area contributed by atoms with Crippen LogP contribution in [0.4, 0.5) is 5.69 Å². The SMILES string of the molecule is COC(=O)c1ccc(C(=O)OC)c(NC(=O)/C=C/c2ccco2)c1. The summed E-state index contributed by atoms with van der Waals surface area (Å²) in [6.07, 6.45) is 4.19. The molecule has 124 valence electrons. The predicted molar refractivity (Wildman–Crippen MR) is 85.5 cm³/mol. The summed E-state index contributed by atoms with van der Waals surface area (Å²) < 4.78 is 14.4. The molecule has 1 aromatic heterocycles. The van der Waals surface area contributed by atoms with E-state index in [0.29, 0.717) is 5.76 Å². The van der Waals surface area contributed by atoms with Crippen molar-refractivity contribution in [3.05, 3.63) is 59.6 Å². The molecule has 0 aliphatic heterocycles. The van der Waals surface area contributed by atoms with Gasteiger partial charge >= 0.3 is 11.9 Å². The molecule has 0 aliphatic rings. The van der Waals surface area contributed by atoms with Crippen molar-refractivity contribution < 1.29 is 28.3 Å². The highest BCUT2D eigenvalue weighted by atomic mass is 16.5. The highest BCUT2D eigenvalue weighted by molar-refractivity contribution is 6.07. The number of carbonyl (C=O) groups is 3. The number of ether oxygens (including phenoxy) is 2. The lowest BCUT2D eigenvalue weighted by Gasteiger charge is -2.10. The van der Waals surface area contributed by atoms with E-state index in [1.54, 1.807) is 12.1 Å². The molecule has 0 bridgehead atoms. The third-order valence-corrected chi connectivity index (χ3v) is 3.05. The summed E-state index contributed by atoms with van der Waals surface area (Å²) in [7, 11) is 2.46. The van der Waals surface area contributed by atoms with E-state index < -0.39 is 17.8 Å². The van der Waals surface area contributed by atoms with Crippen LogP contribution in [0, 0.1) is 0 Å². The normalized spacial score (nSPS) is 10.4. The molecule has 7 heteroatoms. The molecule has 0 spiro atoms. The summed E-state index contributed by atoms with van der Waals surface area (Å²) in [6, 6.07) is 7.50. The molecule has 0 atom stereocenters. The van der Waals surface area contributed by atoms with Gasteiger partial charge in [-0.05, 0) is 36.4 Å². The van der Waals surface area contributed by atoms with Gasteiger partial charge in [-0.3, -0.25) is 4.79 Å². The predicted octanol–water partition coefficient (Wildman–Crippen LogP) is 2.50. The van der Waals surface area contributed by atoms with Gasteiger partial charge in [0.1, 0.15) is 5.76 Å². The summed E-state index contributed by atoms with van der Waals surface area (Å²) in [5.41, 5.74) is 0.444. The van der Waals surface area contributed by atoms with Crippen LogP contribution in [0.15, 0.2) is 47.1 Å². The first-order chi connectivity index (χ1) is 11.5. The molecule has 2 aromatic rings. The zero-order valence-electron chi connectivity index (χ0n) is 13.1. The zero-order chi connectivity index (χ0) is 17.5. The fraction of sp³-hybridized carbons (Fsp3) is 0.118. The molecule has 1 amide bonds. The summed E-state index contributed by atoms with van der Waals surface area (Å²) in [6.45, 7) is 0. The number of anilines is 1. The van der Waals surface area contributed by atoms with Crippen molar-refractivity contribution in [3.8, 4) is 0 Å². The Morgan fingerprint density at radius 3 is 2.46 bits per heavy atom. The lowest BCUT2D eigenvalue weighted by Crippen LogP contribution is -2.14. The van der Waals surface area contributed by atoms with Crippen LogP contribution in [0.5, 0.6) is 0 Å². The van der Waals surface area contributed by atoms with Crippen LogP contribution in [0.3, 0.4) is 0 Å². The molecule has 0 saturated heterocycles. The second-order valence-electron chi connectivity index (χ2n) is 4.58. The molecule has 1 N–H and O–H groups in total. The minimum absolute atomic E-state index is 0.116. The van der Waals surface area contributed by atoms with Gasteiger partial charge in [0.25, 0.3) is 0 Å². The van der Waals surface area contributed by atoms with Gasteiger partial charge in [-0.25, -0.2) is 9.59 Å². The number of hydrogen-bond donors (Lipinski definition) is 1. The molecule has 7 nitrogen and oxygen atoms in total. The van der Waals surface area contributed by atoms with E-state index in [2.05, 4.69) is 14.8 Å². The lowest BCUT2D eigenvalue weighted by atomic mass is 10.1. The van der Waals surface area contributed by atoms with Crippen molar-refractivity contribution in [2.45, 2.75) is 0 Å². The van der Waals surface area contributed by atoms with Crippen molar-refractivity contribution in [2.24, 2.45) is 0 Å². The summed E-state index contributed by atoms with van der Waals surface area (Å²) in [5.74, 6) is -1.23. The molecular weight excluding hydrogens is 314 g/mol. The van der Waals surface area contributed by atoms with Crippen LogP contribution in [0.25, 0.3) is 6.08 Å². The Morgan fingerprint density at radius 1 is 1.08 bits per heavy atom. The standard InChI is InChI=1S/C17H15NO6/c1-22-16(20)11-5-7-13(17(21)23-2)14(10-11)18-15(19)8-6-12-4-3-9-24-12/h3-10H,1-2H3,(H,18,19)/b8-6+. The van der Waals surface area contributed by atoms with E-state index in [9.17, 15) is 14.4 Å². The van der Waals surface area contributed by atoms with Gasteiger partial charge in [0.15, 0.2) is 0 Å². The summed E-state index contributed by atoms with van der Waals surface area (Å²) in [4.78, 5) is 35.4. The summed E-state index contributed by atoms with van der Waals surface area (Å²) >= 11 is 0. The maximum absolute atomic E-state index is 12.0. The van der Waals surface area contributed by atoms with Crippen molar-refractivity contribution in [3.63, 3.8) is 0 Å². The van der Waals surface area contributed by atoms with Crippen molar-refractivity contribution in [1.29, 1.82) is 0 Å². The summed E-state index contributed by atoms with van der Waals surface area (Å²) in [5, 5.41) is 2.53. The van der Waals surface area contributed by atoms with Crippen LogP contribution in [-0.4, -0.2) is 32.1 Å². The van der Waals surface area contributed by atoms with Crippen LogP contribution in [0.2, 0.25) is 0 Å². The Hall–Kier alpha value is -3.35. The van der Waals surface area contributed by atoms with Gasteiger partial charge in [-0.2, -0.15) is 0 Å². The Balaban J connectivity index is 2.26. The van der Waals surface area contributed by atoms with Gasteiger partial charge in [-0.1, -0.05) is 0 Å². The van der Waals surface area contributed by atoms with Crippen molar-refractivity contribution in [1.82, 2.24) is 0 Å². The Kier molecular flexibility index (Phi) is 5.51. The monoisotopic (exact) mass is 329 g/mol. The minimum atomic E-state index is -0.642. The van der Waals surface area contributed by atoms with Gasteiger partial charge in [0, 0.05) is 6.08 Å². The Labute approximate surface area is 137 Å². The van der Waals surface area contributed by atoms with E-state index in [4.69, 9.17) is 4.42 Å². The average molecular weight is 329 g/mol. The number of benzene rings is 1. The third-order valence-electron chi connectivity index (χ3n) is 3.05. The number of furan rings is 1. The number of nitrogens with one attached hydrogen (secondary N) is 1. The molecule has 0 radical (unpaired) electrons. The first-order valence-electron chi connectivity index (χ1n) is 6.88. The van der Waals surface area contributed by atoms with Gasteiger partial charge in [0.2, 0.25) is 5.91 Å². The quantitative estimate of drug-likeness (QED) is 0.669. The topological polar surface area (TPSA) is 94.8 Å².